The first-order chi connectivity index (χ1) is 7.72. The number of amides is 1. The van der Waals surface area contributed by atoms with Gasteiger partial charge in [0, 0.05) is 6.04 Å². The van der Waals surface area contributed by atoms with Crippen LogP contribution in [0.5, 0.6) is 0 Å². The lowest BCUT2D eigenvalue weighted by Crippen LogP contribution is -2.45. The predicted molar refractivity (Wildman–Crippen MR) is 58.9 cm³/mol. The van der Waals surface area contributed by atoms with Crippen molar-refractivity contribution in [1.82, 2.24) is 16.0 Å². The van der Waals surface area contributed by atoms with Crippen molar-refractivity contribution in [2.24, 2.45) is 0 Å². The molecule has 0 aromatic heterocycles. The highest BCUT2D eigenvalue weighted by molar-refractivity contribution is 5.83. The van der Waals surface area contributed by atoms with Gasteiger partial charge in [-0.1, -0.05) is 0 Å². The second-order valence-electron chi connectivity index (χ2n) is 3.76. The smallest absolute Gasteiger partial charge is 0.325 e. The molecule has 1 saturated heterocycles. The highest BCUT2D eigenvalue weighted by atomic mass is 16.5. The Bertz CT molecular complexity index is 239. The van der Waals surface area contributed by atoms with E-state index in [9.17, 15) is 9.59 Å². The largest absolute Gasteiger partial charge is 0.468 e. The van der Waals surface area contributed by atoms with E-state index in [-0.39, 0.29) is 19.0 Å². The topological polar surface area (TPSA) is 79.5 Å². The Balaban J connectivity index is 2.07. The summed E-state index contributed by atoms with van der Waals surface area (Å²) in [4.78, 5) is 22.1. The molecule has 16 heavy (non-hydrogen) atoms. The monoisotopic (exact) mass is 229 g/mol. The van der Waals surface area contributed by atoms with Crippen molar-refractivity contribution in [2.75, 3.05) is 33.3 Å². The maximum absolute atomic E-state index is 11.3. The van der Waals surface area contributed by atoms with E-state index in [4.69, 9.17) is 0 Å². The van der Waals surface area contributed by atoms with Crippen molar-refractivity contribution >= 4 is 11.9 Å². The van der Waals surface area contributed by atoms with Gasteiger partial charge in [0.05, 0.1) is 13.7 Å². The molecule has 0 aromatic rings. The third-order valence-corrected chi connectivity index (χ3v) is 2.55. The molecule has 0 radical (unpaired) electrons. The van der Waals surface area contributed by atoms with Crippen LogP contribution in [0.15, 0.2) is 0 Å². The first-order valence-electron chi connectivity index (χ1n) is 5.50. The van der Waals surface area contributed by atoms with Gasteiger partial charge in [-0.05, 0) is 25.9 Å². The van der Waals surface area contributed by atoms with Crippen LogP contribution in [0.25, 0.3) is 0 Å². The quantitative estimate of drug-likeness (QED) is 0.506. The molecule has 1 amide bonds. The van der Waals surface area contributed by atoms with E-state index in [1.165, 1.54) is 7.11 Å². The van der Waals surface area contributed by atoms with Crippen LogP contribution >= 0.6 is 0 Å². The summed E-state index contributed by atoms with van der Waals surface area (Å²) in [5.74, 6) is -0.612. The molecule has 0 saturated carbocycles. The average Bonchev–Trinajstić information content (AvgIpc) is 2.34. The van der Waals surface area contributed by atoms with Gasteiger partial charge >= 0.3 is 5.97 Å². The summed E-state index contributed by atoms with van der Waals surface area (Å²) in [5, 5.41) is 8.89. The van der Waals surface area contributed by atoms with Crippen LogP contribution in [0.1, 0.15) is 12.8 Å². The van der Waals surface area contributed by atoms with Gasteiger partial charge in [-0.25, -0.2) is 0 Å². The SMILES string of the molecule is COC(=O)CNC(=O)CNC1CCNCC1. The second kappa shape index (κ2) is 7.19. The lowest BCUT2D eigenvalue weighted by molar-refractivity contribution is -0.141. The molecule has 0 bridgehead atoms. The third kappa shape index (κ3) is 5.09. The van der Waals surface area contributed by atoms with Gasteiger partial charge in [0.25, 0.3) is 0 Å². The van der Waals surface area contributed by atoms with Crippen LogP contribution in [-0.4, -0.2) is 51.2 Å². The van der Waals surface area contributed by atoms with E-state index in [0.717, 1.165) is 25.9 Å². The minimum Gasteiger partial charge on any atom is -0.468 e. The molecule has 0 aliphatic carbocycles. The Kier molecular flexibility index (Phi) is 5.81. The summed E-state index contributed by atoms with van der Waals surface area (Å²) in [6.45, 7) is 2.16. The van der Waals surface area contributed by atoms with Gasteiger partial charge in [-0.3, -0.25) is 9.59 Å². The Morgan fingerprint density at radius 1 is 1.31 bits per heavy atom. The number of esters is 1. The summed E-state index contributed by atoms with van der Waals surface area (Å²) in [5.41, 5.74) is 0. The van der Waals surface area contributed by atoms with E-state index in [1.807, 2.05) is 0 Å². The molecule has 6 heteroatoms. The van der Waals surface area contributed by atoms with Gasteiger partial charge < -0.3 is 20.7 Å². The van der Waals surface area contributed by atoms with E-state index in [0.29, 0.717) is 6.04 Å². The van der Waals surface area contributed by atoms with Crippen LogP contribution in [0, 0.1) is 0 Å². The van der Waals surface area contributed by atoms with Crippen LogP contribution in [0.4, 0.5) is 0 Å². The molecule has 0 atom stereocenters. The van der Waals surface area contributed by atoms with Crippen molar-refractivity contribution in [3.05, 3.63) is 0 Å². The molecule has 1 aliphatic rings. The van der Waals surface area contributed by atoms with Crippen molar-refractivity contribution in [1.29, 1.82) is 0 Å². The molecule has 0 aromatic carbocycles. The number of methoxy groups -OCH3 is 1. The van der Waals surface area contributed by atoms with Crippen LogP contribution in [0.3, 0.4) is 0 Å². The summed E-state index contributed by atoms with van der Waals surface area (Å²) >= 11 is 0. The highest BCUT2D eigenvalue weighted by Crippen LogP contribution is 2.00. The number of nitrogens with one attached hydrogen (secondary N) is 3. The molecular weight excluding hydrogens is 210 g/mol. The summed E-state index contributed by atoms with van der Waals surface area (Å²) < 4.78 is 4.41. The molecule has 1 aliphatic heterocycles. The fourth-order valence-electron chi connectivity index (χ4n) is 1.57. The van der Waals surface area contributed by atoms with Gasteiger partial charge in [0.15, 0.2) is 0 Å². The molecular formula is C10H19N3O3. The summed E-state index contributed by atoms with van der Waals surface area (Å²) in [7, 11) is 1.29. The lowest BCUT2D eigenvalue weighted by atomic mass is 10.1. The third-order valence-electron chi connectivity index (χ3n) is 2.55. The van der Waals surface area contributed by atoms with Crippen molar-refractivity contribution < 1.29 is 14.3 Å². The van der Waals surface area contributed by atoms with E-state index in [2.05, 4.69) is 20.7 Å². The van der Waals surface area contributed by atoms with Crippen LogP contribution in [-0.2, 0) is 14.3 Å². The normalized spacial score (nSPS) is 16.8. The standard InChI is InChI=1S/C10H19N3O3/c1-16-10(15)7-13-9(14)6-12-8-2-4-11-5-3-8/h8,11-12H,2-7H2,1H3,(H,13,14). The van der Waals surface area contributed by atoms with Crippen molar-refractivity contribution in [2.45, 2.75) is 18.9 Å². The first kappa shape index (κ1) is 12.9. The Hall–Kier alpha value is -1.14. The maximum Gasteiger partial charge on any atom is 0.325 e. The van der Waals surface area contributed by atoms with Crippen molar-refractivity contribution in [3.8, 4) is 0 Å². The summed E-state index contributed by atoms with van der Waals surface area (Å²) in [6, 6.07) is 0.394. The Labute approximate surface area is 95.1 Å². The molecule has 6 nitrogen and oxygen atoms in total. The Morgan fingerprint density at radius 3 is 2.62 bits per heavy atom. The summed E-state index contributed by atoms with van der Waals surface area (Å²) in [6.07, 6.45) is 2.06. The van der Waals surface area contributed by atoms with Crippen LogP contribution < -0.4 is 16.0 Å². The van der Waals surface area contributed by atoms with Gasteiger partial charge in [0.1, 0.15) is 6.54 Å². The predicted octanol–water partition coefficient (Wildman–Crippen LogP) is -1.38. The number of hydrogen-bond donors (Lipinski definition) is 3. The molecule has 1 heterocycles. The molecule has 0 spiro atoms. The van der Waals surface area contributed by atoms with Gasteiger partial charge in [-0.2, -0.15) is 0 Å². The minimum atomic E-state index is -0.435. The van der Waals surface area contributed by atoms with E-state index >= 15 is 0 Å². The lowest BCUT2D eigenvalue weighted by Gasteiger charge is -2.23. The number of hydrogen-bond acceptors (Lipinski definition) is 5. The van der Waals surface area contributed by atoms with Gasteiger partial charge in [-0.15, -0.1) is 0 Å². The van der Waals surface area contributed by atoms with Crippen LogP contribution in [0.2, 0.25) is 0 Å². The fraction of sp³-hybridized carbons (Fsp3) is 0.800. The first-order valence-corrected chi connectivity index (χ1v) is 5.50. The minimum absolute atomic E-state index is 0.0662. The molecule has 1 fully saturated rings. The fourth-order valence-corrected chi connectivity index (χ4v) is 1.57. The Morgan fingerprint density at radius 2 is 2.00 bits per heavy atom. The molecule has 1 rings (SSSR count). The zero-order valence-electron chi connectivity index (χ0n) is 9.54. The molecule has 92 valence electrons. The molecule has 3 N–H and O–H groups in total. The zero-order valence-corrected chi connectivity index (χ0v) is 9.54. The molecule has 0 unspecified atom stereocenters. The average molecular weight is 229 g/mol. The number of piperidine rings is 1. The maximum atomic E-state index is 11.3. The number of rotatable bonds is 5. The van der Waals surface area contributed by atoms with Gasteiger partial charge in [0.2, 0.25) is 5.91 Å². The van der Waals surface area contributed by atoms with E-state index in [1.54, 1.807) is 0 Å². The van der Waals surface area contributed by atoms with E-state index < -0.39 is 5.97 Å². The number of carbonyl (C=O) groups excluding carboxylic acids is 2. The second-order valence-corrected chi connectivity index (χ2v) is 3.76. The van der Waals surface area contributed by atoms with Crippen molar-refractivity contribution in [3.63, 3.8) is 0 Å². The number of ether oxygens (including phenoxy) is 1. The zero-order chi connectivity index (χ0) is 11.8. The highest BCUT2D eigenvalue weighted by Gasteiger charge is 2.13. The number of carbonyl (C=O) groups is 2.